The third-order valence-corrected chi connectivity index (χ3v) is 9.78. The Hall–Kier alpha value is -6.27. The van der Waals surface area contributed by atoms with Gasteiger partial charge < -0.3 is 9.13 Å². The Morgan fingerprint density at radius 3 is 2.06 bits per heavy atom. The molecule has 9 aromatic rings. The molecule has 0 amide bonds. The van der Waals surface area contributed by atoms with Gasteiger partial charge in [-0.3, -0.25) is 4.57 Å². The maximum atomic E-state index is 5.36. The fraction of sp³-hybridized carbons (Fsp3) is 0.0714. The van der Waals surface area contributed by atoms with Crippen LogP contribution in [0.2, 0.25) is 0 Å². The zero-order chi connectivity index (χ0) is 31.8. The van der Waals surface area contributed by atoms with Crippen LogP contribution in [0.15, 0.2) is 146 Å². The predicted molar refractivity (Wildman–Crippen MR) is 196 cm³/mol. The third kappa shape index (κ3) is 3.83. The first-order valence-corrected chi connectivity index (χ1v) is 16.4. The minimum atomic E-state index is 0.239. The summed E-state index contributed by atoms with van der Waals surface area (Å²) in [6, 6.07) is 42.8. The highest BCUT2D eigenvalue weighted by atomic mass is 15.3. The number of benzene rings is 5. The van der Waals surface area contributed by atoms with Crippen molar-refractivity contribution >= 4 is 54.8 Å². The van der Waals surface area contributed by atoms with E-state index < -0.39 is 0 Å². The summed E-state index contributed by atoms with van der Waals surface area (Å²) in [6.45, 7) is 0. The molecule has 0 aliphatic heterocycles. The van der Waals surface area contributed by atoms with Gasteiger partial charge in [0.2, 0.25) is 5.95 Å². The summed E-state index contributed by atoms with van der Waals surface area (Å²) >= 11 is 0. The number of rotatable bonds is 4. The van der Waals surface area contributed by atoms with Gasteiger partial charge in [0, 0.05) is 45.2 Å². The average molecular weight is 619 g/mol. The van der Waals surface area contributed by atoms with E-state index in [2.05, 4.69) is 142 Å². The lowest BCUT2D eigenvalue weighted by Crippen LogP contribution is -2.07. The van der Waals surface area contributed by atoms with Crippen molar-refractivity contribution in [3.63, 3.8) is 0 Å². The van der Waals surface area contributed by atoms with Crippen LogP contribution < -0.4 is 0 Å². The molecule has 0 saturated heterocycles. The molecule has 0 saturated carbocycles. The number of aryl methyl sites for hydroxylation is 1. The van der Waals surface area contributed by atoms with Crippen LogP contribution in [0, 0.1) is 0 Å². The molecule has 4 aromatic heterocycles. The van der Waals surface area contributed by atoms with E-state index in [1.807, 2.05) is 24.3 Å². The van der Waals surface area contributed by atoms with E-state index in [0.717, 1.165) is 45.7 Å². The van der Waals surface area contributed by atoms with E-state index in [9.17, 15) is 0 Å². The standard InChI is InChI=1S/C42H30N6/c1-46-39-37(27-15-5-2-6-16-27)43-40(28-17-7-3-8-18-28)44-41(39)45-42(46)48-33-23-13-11-21-30(33)31-25-26-35-36(38(31)48)32-22-12-14-24-34(32)47(35)29-19-9-4-10-20-29/h2-19,21-26,29H,20H2,1H3. The predicted octanol–water partition coefficient (Wildman–Crippen LogP) is 9.96. The number of imidazole rings is 1. The fourth-order valence-electron chi connectivity index (χ4n) is 7.68. The van der Waals surface area contributed by atoms with Gasteiger partial charge in [0.15, 0.2) is 11.5 Å². The van der Waals surface area contributed by atoms with Gasteiger partial charge in [-0.15, -0.1) is 0 Å². The number of nitrogens with zero attached hydrogens (tertiary/aromatic N) is 6. The van der Waals surface area contributed by atoms with Crippen LogP contribution in [0.25, 0.3) is 83.4 Å². The van der Waals surface area contributed by atoms with Crippen LogP contribution in [0.3, 0.4) is 0 Å². The number of allylic oxidation sites excluding steroid dienone is 4. The van der Waals surface area contributed by atoms with E-state index in [1.54, 1.807) is 0 Å². The van der Waals surface area contributed by atoms with Crippen molar-refractivity contribution in [3.05, 3.63) is 146 Å². The molecular weight excluding hydrogens is 589 g/mol. The van der Waals surface area contributed by atoms with Gasteiger partial charge in [-0.05, 0) is 24.6 Å². The van der Waals surface area contributed by atoms with Crippen molar-refractivity contribution in [1.29, 1.82) is 0 Å². The van der Waals surface area contributed by atoms with E-state index in [1.165, 1.54) is 32.6 Å². The van der Waals surface area contributed by atoms with Crippen LogP contribution in [-0.4, -0.2) is 28.7 Å². The Labute approximate surface area is 276 Å². The fourth-order valence-corrected chi connectivity index (χ4v) is 7.68. The molecule has 1 aliphatic rings. The summed E-state index contributed by atoms with van der Waals surface area (Å²) in [7, 11) is 2.09. The molecule has 0 N–H and O–H groups in total. The second-order valence-electron chi connectivity index (χ2n) is 12.5. The summed E-state index contributed by atoms with van der Waals surface area (Å²) in [6.07, 6.45) is 9.84. The van der Waals surface area contributed by atoms with Crippen LogP contribution in [0.1, 0.15) is 12.5 Å². The summed E-state index contributed by atoms with van der Waals surface area (Å²) in [5.74, 6) is 1.46. The van der Waals surface area contributed by atoms with Gasteiger partial charge in [0.1, 0.15) is 11.2 Å². The summed E-state index contributed by atoms with van der Waals surface area (Å²) in [5.41, 5.74) is 9.11. The molecule has 228 valence electrons. The quantitative estimate of drug-likeness (QED) is 0.197. The number of fused-ring (bicyclic) bond motifs is 8. The normalized spacial score (nSPS) is 14.7. The second kappa shape index (κ2) is 10.4. The Kier molecular flexibility index (Phi) is 5.81. The topological polar surface area (TPSA) is 53.5 Å². The minimum absolute atomic E-state index is 0.239. The zero-order valence-electron chi connectivity index (χ0n) is 26.3. The molecule has 1 aliphatic carbocycles. The largest absolute Gasteiger partial charge is 0.333 e. The van der Waals surface area contributed by atoms with Crippen molar-refractivity contribution in [2.75, 3.05) is 0 Å². The van der Waals surface area contributed by atoms with Gasteiger partial charge in [-0.2, -0.15) is 4.98 Å². The molecule has 1 unspecified atom stereocenters. The first-order chi connectivity index (χ1) is 23.8. The van der Waals surface area contributed by atoms with Crippen LogP contribution in [0.5, 0.6) is 0 Å². The van der Waals surface area contributed by atoms with Crippen molar-refractivity contribution in [2.45, 2.75) is 12.5 Å². The van der Waals surface area contributed by atoms with Crippen molar-refractivity contribution in [2.24, 2.45) is 7.05 Å². The van der Waals surface area contributed by atoms with Crippen molar-refractivity contribution in [1.82, 2.24) is 28.7 Å². The highest BCUT2D eigenvalue weighted by molar-refractivity contribution is 6.25. The van der Waals surface area contributed by atoms with Gasteiger partial charge in [-0.1, -0.05) is 127 Å². The summed E-state index contributed by atoms with van der Waals surface area (Å²) in [4.78, 5) is 15.6. The zero-order valence-corrected chi connectivity index (χ0v) is 26.3. The molecule has 0 radical (unpaired) electrons. The Balaban J connectivity index is 1.35. The van der Waals surface area contributed by atoms with E-state index >= 15 is 0 Å². The molecule has 10 rings (SSSR count). The maximum Gasteiger partial charge on any atom is 0.217 e. The van der Waals surface area contributed by atoms with E-state index in [-0.39, 0.29) is 6.04 Å². The van der Waals surface area contributed by atoms with Crippen molar-refractivity contribution < 1.29 is 0 Å². The van der Waals surface area contributed by atoms with Crippen LogP contribution in [-0.2, 0) is 7.05 Å². The monoisotopic (exact) mass is 618 g/mol. The third-order valence-electron chi connectivity index (χ3n) is 9.78. The molecule has 5 aromatic carbocycles. The lowest BCUT2D eigenvalue weighted by Gasteiger charge is -2.18. The molecule has 0 fully saturated rings. The highest BCUT2D eigenvalue weighted by Crippen LogP contribution is 2.43. The van der Waals surface area contributed by atoms with Gasteiger partial charge in [-0.25, -0.2) is 9.97 Å². The number of para-hydroxylation sites is 2. The Morgan fingerprint density at radius 1 is 0.583 bits per heavy atom. The smallest absolute Gasteiger partial charge is 0.217 e. The lowest BCUT2D eigenvalue weighted by molar-refractivity contribution is 0.648. The first kappa shape index (κ1) is 26.9. The minimum Gasteiger partial charge on any atom is -0.333 e. The average Bonchev–Trinajstić information content (AvgIpc) is 3.79. The van der Waals surface area contributed by atoms with Crippen LogP contribution >= 0.6 is 0 Å². The second-order valence-corrected chi connectivity index (χ2v) is 12.5. The molecular formula is C42H30N6. The first-order valence-electron chi connectivity index (χ1n) is 16.4. The van der Waals surface area contributed by atoms with Gasteiger partial charge >= 0.3 is 0 Å². The van der Waals surface area contributed by atoms with Crippen molar-refractivity contribution in [3.8, 4) is 28.6 Å². The number of hydrogen-bond acceptors (Lipinski definition) is 3. The molecule has 0 spiro atoms. The Bertz CT molecular complexity index is 2760. The SMILES string of the molecule is Cn1c(-n2c3ccccc3c3ccc4c(c5ccccc5n4C4C=CC=CC4)c32)nc2nc(-c3ccccc3)nc(-c3ccccc3)c21. The molecule has 1 atom stereocenters. The highest BCUT2D eigenvalue weighted by Gasteiger charge is 2.26. The number of hydrogen-bond donors (Lipinski definition) is 0. The lowest BCUT2D eigenvalue weighted by atomic mass is 10.1. The maximum absolute atomic E-state index is 5.36. The molecule has 6 heteroatoms. The summed E-state index contributed by atoms with van der Waals surface area (Å²) < 4.78 is 7.02. The number of aromatic nitrogens is 6. The molecule has 48 heavy (non-hydrogen) atoms. The Morgan fingerprint density at radius 2 is 1.29 bits per heavy atom. The van der Waals surface area contributed by atoms with E-state index in [4.69, 9.17) is 15.0 Å². The molecule has 4 heterocycles. The van der Waals surface area contributed by atoms with Crippen LogP contribution in [0.4, 0.5) is 0 Å². The molecule has 6 nitrogen and oxygen atoms in total. The van der Waals surface area contributed by atoms with Gasteiger partial charge in [0.05, 0.1) is 22.6 Å². The molecule has 0 bridgehead atoms. The van der Waals surface area contributed by atoms with E-state index in [0.29, 0.717) is 11.5 Å². The van der Waals surface area contributed by atoms with Gasteiger partial charge in [0.25, 0.3) is 0 Å². The summed E-state index contributed by atoms with van der Waals surface area (Å²) in [5, 5.41) is 4.86.